The summed E-state index contributed by atoms with van der Waals surface area (Å²) in [5.41, 5.74) is 1.18. The fraction of sp³-hybridized carbons (Fsp3) is 0.333. The molecule has 0 fully saturated rings. The third-order valence-corrected chi connectivity index (χ3v) is 3.28. The van der Waals surface area contributed by atoms with Crippen molar-refractivity contribution in [3.63, 3.8) is 0 Å². The average molecular weight is 295 g/mol. The highest BCUT2D eigenvalue weighted by Crippen LogP contribution is 2.19. The van der Waals surface area contributed by atoms with Crippen molar-refractivity contribution >= 4 is 21.7 Å². The van der Waals surface area contributed by atoms with E-state index in [1.807, 2.05) is 43.3 Å². The van der Waals surface area contributed by atoms with Crippen LogP contribution in [0.25, 0.3) is 0 Å². The third-order valence-electron chi connectivity index (χ3n) is 2.67. The number of aromatic nitrogens is 3. The SMILES string of the molecule is CN(Cc1nccn1C)c1ncccc1CBr. The first-order valence-electron chi connectivity index (χ1n) is 5.39. The van der Waals surface area contributed by atoms with E-state index in [0.717, 1.165) is 23.5 Å². The molecule has 0 amide bonds. The second-order valence-electron chi connectivity index (χ2n) is 3.93. The predicted molar refractivity (Wildman–Crippen MR) is 72.2 cm³/mol. The molecule has 0 bridgehead atoms. The maximum atomic E-state index is 4.42. The molecule has 5 heteroatoms. The van der Waals surface area contributed by atoms with Gasteiger partial charge in [0.15, 0.2) is 0 Å². The van der Waals surface area contributed by atoms with Crippen LogP contribution in [0, 0.1) is 0 Å². The van der Waals surface area contributed by atoms with E-state index in [9.17, 15) is 0 Å². The fourth-order valence-corrected chi connectivity index (χ4v) is 2.15. The van der Waals surface area contributed by atoms with E-state index in [0.29, 0.717) is 0 Å². The van der Waals surface area contributed by atoms with Crippen LogP contribution in [-0.4, -0.2) is 21.6 Å². The molecule has 2 aromatic rings. The molecule has 2 heterocycles. The standard InChI is InChI=1S/C12H15BrN4/c1-16-7-6-14-11(16)9-17(2)12-10(8-13)4-3-5-15-12/h3-7H,8-9H2,1-2H3. The number of alkyl halides is 1. The summed E-state index contributed by atoms with van der Waals surface area (Å²) in [5.74, 6) is 2.02. The first-order valence-corrected chi connectivity index (χ1v) is 6.51. The Morgan fingerprint density at radius 3 is 2.82 bits per heavy atom. The topological polar surface area (TPSA) is 34.0 Å². The summed E-state index contributed by atoms with van der Waals surface area (Å²) in [6.45, 7) is 0.751. The Balaban J connectivity index is 2.20. The van der Waals surface area contributed by atoms with Crippen LogP contribution in [0.4, 0.5) is 5.82 Å². The molecule has 4 nitrogen and oxygen atoms in total. The lowest BCUT2D eigenvalue weighted by Crippen LogP contribution is -2.21. The van der Waals surface area contributed by atoms with Gasteiger partial charge in [-0.15, -0.1) is 0 Å². The maximum Gasteiger partial charge on any atom is 0.132 e. The van der Waals surface area contributed by atoms with Gasteiger partial charge in [0, 0.05) is 43.6 Å². The Kier molecular flexibility index (Phi) is 3.78. The molecule has 0 aromatic carbocycles. The predicted octanol–water partition coefficient (Wildman–Crippen LogP) is 2.35. The normalized spacial score (nSPS) is 10.5. The van der Waals surface area contributed by atoms with Crippen LogP contribution in [0.3, 0.4) is 0 Å². The monoisotopic (exact) mass is 294 g/mol. The van der Waals surface area contributed by atoms with Gasteiger partial charge in [-0.05, 0) is 6.07 Å². The first kappa shape index (κ1) is 12.1. The summed E-state index contributed by atoms with van der Waals surface area (Å²) in [5, 5.41) is 0.807. The number of aryl methyl sites for hydroxylation is 1. The number of pyridine rings is 1. The highest BCUT2D eigenvalue weighted by Gasteiger charge is 2.10. The van der Waals surface area contributed by atoms with Gasteiger partial charge in [0.05, 0.1) is 6.54 Å². The van der Waals surface area contributed by atoms with Crippen molar-refractivity contribution in [2.24, 2.45) is 7.05 Å². The molecule has 0 saturated heterocycles. The van der Waals surface area contributed by atoms with E-state index in [1.165, 1.54) is 5.56 Å². The molecule has 0 aliphatic rings. The summed E-state index contributed by atoms with van der Waals surface area (Å²) in [7, 11) is 4.03. The fourth-order valence-electron chi connectivity index (χ4n) is 1.71. The van der Waals surface area contributed by atoms with Crippen LogP contribution >= 0.6 is 15.9 Å². The van der Waals surface area contributed by atoms with E-state index in [4.69, 9.17) is 0 Å². The first-order chi connectivity index (χ1) is 8.22. The Morgan fingerprint density at radius 2 is 2.18 bits per heavy atom. The molecule has 0 N–H and O–H groups in total. The zero-order chi connectivity index (χ0) is 12.3. The zero-order valence-corrected chi connectivity index (χ0v) is 11.6. The lowest BCUT2D eigenvalue weighted by Gasteiger charge is -2.20. The van der Waals surface area contributed by atoms with Gasteiger partial charge in [0.1, 0.15) is 11.6 Å². The molecule has 0 unspecified atom stereocenters. The summed E-state index contributed by atoms with van der Waals surface area (Å²) >= 11 is 3.48. The molecular formula is C12H15BrN4. The molecule has 0 aliphatic carbocycles. The van der Waals surface area contributed by atoms with Crippen molar-refractivity contribution < 1.29 is 0 Å². The van der Waals surface area contributed by atoms with Crippen molar-refractivity contribution in [3.05, 3.63) is 42.1 Å². The largest absolute Gasteiger partial charge is 0.352 e. The second-order valence-corrected chi connectivity index (χ2v) is 4.49. The summed E-state index contributed by atoms with van der Waals surface area (Å²) in [6, 6.07) is 4.03. The molecule has 17 heavy (non-hydrogen) atoms. The average Bonchev–Trinajstić information content (AvgIpc) is 2.75. The van der Waals surface area contributed by atoms with Crippen LogP contribution in [0.15, 0.2) is 30.7 Å². The number of nitrogens with zero attached hydrogens (tertiary/aromatic N) is 4. The molecule has 90 valence electrons. The molecule has 0 aliphatic heterocycles. The van der Waals surface area contributed by atoms with Crippen LogP contribution in [0.2, 0.25) is 0 Å². The van der Waals surface area contributed by atoms with Crippen molar-refractivity contribution in [1.82, 2.24) is 14.5 Å². The minimum absolute atomic E-state index is 0.751. The maximum absolute atomic E-state index is 4.42. The quantitative estimate of drug-likeness (QED) is 0.812. The van der Waals surface area contributed by atoms with Crippen molar-refractivity contribution in [2.45, 2.75) is 11.9 Å². The number of rotatable bonds is 4. The Labute approximate surface area is 109 Å². The van der Waals surface area contributed by atoms with Crippen LogP contribution in [0.1, 0.15) is 11.4 Å². The second kappa shape index (κ2) is 5.31. The van der Waals surface area contributed by atoms with E-state index in [-0.39, 0.29) is 0 Å². The smallest absolute Gasteiger partial charge is 0.132 e. The van der Waals surface area contributed by atoms with Crippen molar-refractivity contribution in [1.29, 1.82) is 0 Å². The van der Waals surface area contributed by atoms with E-state index in [1.54, 1.807) is 0 Å². The number of halogens is 1. The summed E-state index contributed by atoms with van der Waals surface area (Å²) < 4.78 is 2.02. The van der Waals surface area contributed by atoms with Gasteiger partial charge >= 0.3 is 0 Å². The van der Waals surface area contributed by atoms with Gasteiger partial charge < -0.3 is 9.47 Å². The Morgan fingerprint density at radius 1 is 1.35 bits per heavy atom. The zero-order valence-electron chi connectivity index (χ0n) is 9.97. The van der Waals surface area contributed by atoms with Crippen molar-refractivity contribution in [3.8, 4) is 0 Å². The summed E-state index contributed by atoms with van der Waals surface area (Å²) in [4.78, 5) is 10.8. The highest BCUT2D eigenvalue weighted by atomic mass is 79.9. The van der Waals surface area contributed by atoms with Gasteiger partial charge in [-0.25, -0.2) is 9.97 Å². The lowest BCUT2D eigenvalue weighted by atomic mass is 10.3. The van der Waals surface area contributed by atoms with Gasteiger partial charge in [-0.2, -0.15) is 0 Å². The molecule has 2 rings (SSSR count). The molecule has 2 aromatic heterocycles. The minimum Gasteiger partial charge on any atom is -0.352 e. The van der Waals surface area contributed by atoms with Gasteiger partial charge in [0.2, 0.25) is 0 Å². The molecule has 0 saturated carbocycles. The van der Waals surface area contributed by atoms with Crippen LogP contribution in [-0.2, 0) is 18.9 Å². The minimum atomic E-state index is 0.751. The molecule has 0 spiro atoms. The van der Waals surface area contributed by atoms with Gasteiger partial charge in [0.25, 0.3) is 0 Å². The number of anilines is 1. The number of hydrogen-bond acceptors (Lipinski definition) is 3. The number of hydrogen-bond donors (Lipinski definition) is 0. The van der Waals surface area contributed by atoms with Gasteiger partial charge in [-0.1, -0.05) is 22.0 Å². The van der Waals surface area contributed by atoms with Crippen LogP contribution in [0.5, 0.6) is 0 Å². The van der Waals surface area contributed by atoms with Crippen molar-refractivity contribution in [2.75, 3.05) is 11.9 Å². The Bertz CT molecular complexity index is 495. The third kappa shape index (κ3) is 2.66. The van der Waals surface area contributed by atoms with Crippen LogP contribution < -0.4 is 4.90 Å². The summed E-state index contributed by atoms with van der Waals surface area (Å²) in [6.07, 6.45) is 5.58. The van der Waals surface area contributed by atoms with E-state index in [2.05, 4.69) is 36.9 Å². The van der Waals surface area contributed by atoms with E-state index < -0.39 is 0 Å². The highest BCUT2D eigenvalue weighted by molar-refractivity contribution is 9.08. The number of imidazole rings is 1. The van der Waals surface area contributed by atoms with E-state index >= 15 is 0 Å². The molecule has 0 radical (unpaired) electrons. The Hall–Kier alpha value is -1.36. The lowest BCUT2D eigenvalue weighted by molar-refractivity contribution is 0.753. The molecular weight excluding hydrogens is 280 g/mol. The molecule has 0 atom stereocenters. The van der Waals surface area contributed by atoms with Gasteiger partial charge in [-0.3, -0.25) is 0 Å².